The van der Waals surface area contributed by atoms with Gasteiger partial charge in [0.15, 0.2) is 0 Å². The van der Waals surface area contributed by atoms with Crippen molar-refractivity contribution in [1.29, 1.82) is 0 Å². The van der Waals surface area contributed by atoms with E-state index >= 15 is 0 Å². The number of rotatable bonds is 5. The SMILES string of the molecule is COC(=O)c1c(NC(=O)C(C)C)sc(C(=O)Nc2ccccc2)c1C. The minimum Gasteiger partial charge on any atom is -0.465 e. The van der Waals surface area contributed by atoms with E-state index in [4.69, 9.17) is 4.74 Å². The van der Waals surface area contributed by atoms with Gasteiger partial charge in [-0.3, -0.25) is 9.59 Å². The van der Waals surface area contributed by atoms with Crippen LogP contribution in [0.3, 0.4) is 0 Å². The minimum absolute atomic E-state index is 0.208. The lowest BCUT2D eigenvalue weighted by molar-refractivity contribution is -0.118. The standard InChI is InChI=1S/C18H20N2O4S/c1-10(2)15(21)20-17-13(18(23)24-4)11(3)14(25-17)16(22)19-12-8-6-5-7-9-12/h5-10H,1-4H3,(H,19,22)(H,20,21). The van der Waals surface area contributed by atoms with Crippen molar-refractivity contribution in [3.8, 4) is 0 Å². The maximum absolute atomic E-state index is 12.6. The number of esters is 1. The van der Waals surface area contributed by atoms with Crippen LogP contribution < -0.4 is 10.6 Å². The molecule has 2 aromatic rings. The van der Waals surface area contributed by atoms with Gasteiger partial charge in [0.1, 0.15) is 5.00 Å². The van der Waals surface area contributed by atoms with Crippen molar-refractivity contribution in [2.45, 2.75) is 20.8 Å². The quantitative estimate of drug-likeness (QED) is 0.797. The molecule has 0 fully saturated rings. The molecule has 1 heterocycles. The fourth-order valence-electron chi connectivity index (χ4n) is 2.13. The zero-order valence-electron chi connectivity index (χ0n) is 14.5. The van der Waals surface area contributed by atoms with Crippen LogP contribution in [0, 0.1) is 12.8 Å². The van der Waals surface area contributed by atoms with E-state index in [0.717, 1.165) is 11.3 Å². The van der Waals surface area contributed by atoms with Crippen LogP contribution in [-0.4, -0.2) is 24.9 Å². The zero-order valence-corrected chi connectivity index (χ0v) is 15.3. The second kappa shape index (κ2) is 7.94. The first kappa shape index (κ1) is 18.7. The first-order valence-electron chi connectivity index (χ1n) is 7.74. The molecular formula is C18H20N2O4S. The van der Waals surface area contributed by atoms with Crippen LogP contribution in [-0.2, 0) is 9.53 Å². The fourth-order valence-corrected chi connectivity index (χ4v) is 3.22. The number of carbonyl (C=O) groups excluding carboxylic acids is 3. The molecule has 0 bridgehead atoms. The Hall–Kier alpha value is -2.67. The summed E-state index contributed by atoms with van der Waals surface area (Å²) in [4.78, 5) is 37.0. The van der Waals surface area contributed by atoms with E-state index in [-0.39, 0.29) is 23.3 Å². The number of benzene rings is 1. The summed E-state index contributed by atoms with van der Waals surface area (Å²) in [7, 11) is 1.26. The van der Waals surface area contributed by atoms with Gasteiger partial charge in [-0.05, 0) is 24.6 Å². The van der Waals surface area contributed by atoms with Crippen LogP contribution in [0.4, 0.5) is 10.7 Å². The molecule has 6 nitrogen and oxygen atoms in total. The highest BCUT2D eigenvalue weighted by Gasteiger charge is 2.26. The number of hydrogen-bond donors (Lipinski definition) is 2. The number of hydrogen-bond acceptors (Lipinski definition) is 5. The van der Waals surface area contributed by atoms with Crippen molar-refractivity contribution >= 4 is 39.8 Å². The van der Waals surface area contributed by atoms with Crippen LogP contribution in [0.2, 0.25) is 0 Å². The smallest absolute Gasteiger partial charge is 0.341 e. The van der Waals surface area contributed by atoms with E-state index in [1.165, 1.54) is 7.11 Å². The van der Waals surface area contributed by atoms with E-state index in [2.05, 4.69) is 10.6 Å². The van der Waals surface area contributed by atoms with Gasteiger partial charge in [-0.2, -0.15) is 0 Å². The topological polar surface area (TPSA) is 84.5 Å². The summed E-state index contributed by atoms with van der Waals surface area (Å²) in [6, 6.07) is 9.00. The van der Waals surface area contributed by atoms with E-state index < -0.39 is 5.97 Å². The third kappa shape index (κ3) is 4.24. The Morgan fingerprint density at radius 2 is 1.72 bits per heavy atom. The summed E-state index contributed by atoms with van der Waals surface area (Å²) in [6.07, 6.45) is 0. The lowest BCUT2D eigenvalue weighted by atomic mass is 10.1. The molecule has 0 aliphatic rings. The number of ether oxygens (including phenoxy) is 1. The van der Waals surface area contributed by atoms with Crippen LogP contribution in [0.25, 0.3) is 0 Å². The highest BCUT2D eigenvalue weighted by molar-refractivity contribution is 7.18. The van der Waals surface area contributed by atoms with Gasteiger partial charge in [0.2, 0.25) is 5.91 Å². The molecule has 0 atom stereocenters. The zero-order chi connectivity index (χ0) is 18.6. The molecule has 0 aliphatic carbocycles. The van der Waals surface area contributed by atoms with E-state index in [9.17, 15) is 14.4 Å². The Morgan fingerprint density at radius 1 is 1.08 bits per heavy atom. The van der Waals surface area contributed by atoms with Crippen LogP contribution in [0.15, 0.2) is 30.3 Å². The number of anilines is 2. The number of thiophene rings is 1. The Bertz CT molecular complexity index is 797. The van der Waals surface area contributed by atoms with E-state index in [1.54, 1.807) is 32.9 Å². The number of para-hydroxylation sites is 1. The minimum atomic E-state index is -0.591. The van der Waals surface area contributed by atoms with Gasteiger partial charge in [0.05, 0.1) is 17.6 Å². The molecule has 25 heavy (non-hydrogen) atoms. The Kier molecular flexibility index (Phi) is 5.93. The van der Waals surface area contributed by atoms with Crippen molar-refractivity contribution in [2.24, 2.45) is 5.92 Å². The summed E-state index contributed by atoms with van der Waals surface area (Å²) in [5.41, 5.74) is 1.33. The van der Waals surface area contributed by atoms with Crippen molar-refractivity contribution < 1.29 is 19.1 Å². The molecule has 7 heteroatoms. The van der Waals surface area contributed by atoms with Gasteiger partial charge in [-0.1, -0.05) is 32.0 Å². The maximum Gasteiger partial charge on any atom is 0.341 e. The summed E-state index contributed by atoms with van der Waals surface area (Å²) in [5, 5.41) is 5.80. The van der Waals surface area contributed by atoms with Gasteiger partial charge in [0, 0.05) is 11.6 Å². The van der Waals surface area contributed by atoms with Crippen LogP contribution in [0.1, 0.15) is 39.4 Å². The summed E-state index contributed by atoms with van der Waals surface area (Å²) < 4.78 is 4.80. The molecule has 2 rings (SSSR count). The largest absolute Gasteiger partial charge is 0.465 e. The highest BCUT2D eigenvalue weighted by atomic mass is 32.1. The molecule has 0 aliphatic heterocycles. The monoisotopic (exact) mass is 360 g/mol. The van der Waals surface area contributed by atoms with Crippen molar-refractivity contribution in [1.82, 2.24) is 0 Å². The van der Waals surface area contributed by atoms with Gasteiger partial charge in [0.25, 0.3) is 5.91 Å². The molecule has 0 unspecified atom stereocenters. The van der Waals surface area contributed by atoms with E-state index in [1.807, 2.05) is 18.2 Å². The molecule has 0 spiro atoms. The molecule has 1 aromatic carbocycles. The maximum atomic E-state index is 12.6. The second-order valence-corrected chi connectivity index (χ2v) is 6.74. The molecule has 2 N–H and O–H groups in total. The summed E-state index contributed by atoms with van der Waals surface area (Å²) in [5.74, 6) is -1.42. The average molecular weight is 360 g/mol. The third-order valence-electron chi connectivity index (χ3n) is 3.54. The summed E-state index contributed by atoms with van der Waals surface area (Å²) >= 11 is 1.06. The normalized spacial score (nSPS) is 10.4. The average Bonchev–Trinajstić information content (AvgIpc) is 2.91. The first-order chi connectivity index (χ1) is 11.8. The molecule has 0 saturated carbocycles. The van der Waals surface area contributed by atoms with Gasteiger partial charge in [-0.25, -0.2) is 4.79 Å². The number of carbonyl (C=O) groups is 3. The Balaban J connectivity index is 2.38. The predicted octanol–water partition coefficient (Wildman–Crippen LogP) is 3.69. The number of nitrogens with one attached hydrogen (secondary N) is 2. The lowest BCUT2D eigenvalue weighted by Crippen LogP contribution is -2.19. The second-order valence-electron chi connectivity index (χ2n) is 5.72. The number of methoxy groups -OCH3 is 1. The highest BCUT2D eigenvalue weighted by Crippen LogP contribution is 2.34. The van der Waals surface area contributed by atoms with Crippen LogP contribution >= 0.6 is 11.3 Å². The molecule has 0 saturated heterocycles. The Morgan fingerprint density at radius 3 is 2.28 bits per heavy atom. The predicted molar refractivity (Wildman–Crippen MR) is 98.3 cm³/mol. The van der Waals surface area contributed by atoms with Crippen molar-refractivity contribution in [3.63, 3.8) is 0 Å². The van der Waals surface area contributed by atoms with Crippen LogP contribution in [0.5, 0.6) is 0 Å². The lowest BCUT2D eigenvalue weighted by Gasteiger charge is -2.07. The third-order valence-corrected chi connectivity index (χ3v) is 4.74. The fraction of sp³-hybridized carbons (Fsp3) is 0.278. The van der Waals surface area contributed by atoms with Crippen molar-refractivity contribution in [3.05, 3.63) is 46.3 Å². The summed E-state index contributed by atoms with van der Waals surface area (Å²) in [6.45, 7) is 5.15. The molecule has 0 radical (unpaired) electrons. The molecule has 132 valence electrons. The molecule has 2 amide bonds. The first-order valence-corrected chi connectivity index (χ1v) is 8.55. The number of amides is 2. The van der Waals surface area contributed by atoms with E-state index in [0.29, 0.717) is 21.1 Å². The van der Waals surface area contributed by atoms with Crippen molar-refractivity contribution in [2.75, 3.05) is 17.7 Å². The van der Waals surface area contributed by atoms with Gasteiger partial charge < -0.3 is 15.4 Å². The Labute approximate surface area is 150 Å². The molecule has 1 aromatic heterocycles. The van der Waals surface area contributed by atoms with Gasteiger partial charge >= 0.3 is 5.97 Å². The van der Waals surface area contributed by atoms with Gasteiger partial charge in [-0.15, -0.1) is 11.3 Å². The molecular weight excluding hydrogens is 340 g/mol.